The highest BCUT2D eigenvalue weighted by Gasteiger charge is 2.13. The highest BCUT2D eigenvalue weighted by atomic mass is 16.3. The second-order valence-corrected chi connectivity index (χ2v) is 7.86. The maximum Gasteiger partial charge on any atom is 0.291 e. The van der Waals surface area contributed by atoms with Crippen LogP contribution in [0.1, 0.15) is 16.1 Å². The monoisotopic (exact) mass is 451 g/mol. The number of furan rings is 1. The van der Waals surface area contributed by atoms with E-state index in [1.165, 1.54) is 6.26 Å². The van der Waals surface area contributed by atoms with E-state index in [1.807, 2.05) is 53.1 Å². The van der Waals surface area contributed by atoms with Crippen LogP contribution in [0.3, 0.4) is 0 Å². The number of carbonyl (C=O) groups is 2. The number of pyridine rings is 1. The molecule has 168 valence electrons. The molecular formula is C27H21N3O4. The summed E-state index contributed by atoms with van der Waals surface area (Å²) in [5.41, 5.74) is 2.81. The number of carbonyl (C=O) groups excluding carboxylic acids is 2. The second kappa shape index (κ2) is 9.07. The third-order valence-electron chi connectivity index (χ3n) is 5.60. The normalized spacial score (nSPS) is 10.9. The van der Waals surface area contributed by atoms with Crippen molar-refractivity contribution < 1.29 is 14.0 Å². The minimum Gasteiger partial charge on any atom is -0.459 e. The molecule has 0 aliphatic rings. The number of hydrogen-bond acceptors (Lipinski definition) is 4. The van der Waals surface area contributed by atoms with Gasteiger partial charge >= 0.3 is 0 Å². The summed E-state index contributed by atoms with van der Waals surface area (Å²) in [5.74, 6) is -0.313. The quantitative estimate of drug-likeness (QED) is 0.376. The van der Waals surface area contributed by atoms with Gasteiger partial charge < -0.3 is 19.6 Å². The van der Waals surface area contributed by atoms with Gasteiger partial charge in [0.2, 0.25) is 5.91 Å². The zero-order chi connectivity index (χ0) is 23.5. The van der Waals surface area contributed by atoms with E-state index in [4.69, 9.17) is 4.42 Å². The van der Waals surface area contributed by atoms with Crippen molar-refractivity contribution in [3.05, 3.63) is 113 Å². The SMILES string of the molecule is O=C(Cn1c2ccccc2c(=O)c2ccccc21)NCc1cccc(NC(=O)c2ccco2)c1. The number of rotatable bonds is 6. The average Bonchev–Trinajstić information content (AvgIpc) is 3.41. The van der Waals surface area contributed by atoms with Gasteiger partial charge in [0, 0.05) is 23.0 Å². The van der Waals surface area contributed by atoms with Gasteiger partial charge in [-0.3, -0.25) is 14.4 Å². The van der Waals surface area contributed by atoms with Gasteiger partial charge in [-0.15, -0.1) is 0 Å². The van der Waals surface area contributed by atoms with Crippen LogP contribution >= 0.6 is 0 Å². The fourth-order valence-corrected chi connectivity index (χ4v) is 4.01. The highest BCUT2D eigenvalue weighted by Crippen LogP contribution is 2.19. The molecule has 0 radical (unpaired) electrons. The van der Waals surface area contributed by atoms with Gasteiger partial charge in [0.15, 0.2) is 11.2 Å². The number of fused-ring (bicyclic) bond motifs is 2. The number of anilines is 1. The lowest BCUT2D eigenvalue weighted by molar-refractivity contribution is -0.121. The minimum absolute atomic E-state index is 0.0451. The van der Waals surface area contributed by atoms with Crippen molar-refractivity contribution in [2.24, 2.45) is 0 Å². The summed E-state index contributed by atoms with van der Waals surface area (Å²) in [6.07, 6.45) is 1.44. The molecule has 3 aromatic carbocycles. The molecule has 0 spiro atoms. The van der Waals surface area contributed by atoms with Gasteiger partial charge in [0.25, 0.3) is 5.91 Å². The molecular weight excluding hydrogens is 430 g/mol. The van der Waals surface area contributed by atoms with E-state index in [9.17, 15) is 14.4 Å². The zero-order valence-corrected chi connectivity index (χ0v) is 18.2. The predicted octanol–water partition coefficient (Wildman–Crippen LogP) is 4.32. The molecule has 7 nitrogen and oxygen atoms in total. The third-order valence-corrected chi connectivity index (χ3v) is 5.60. The number of aromatic nitrogens is 1. The molecule has 2 amide bonds. The molecule has 7 heteroatoms. The Bertz CT molecular complexity index is 1510. The van der Waals surface area contributed by atoms with Crippen LogP contribution in [0.5, 0.6) is 0 Å². The fraction of sp³-hybridized carbons (Fsp3) is 0.0741. The van der Waals surface area contributed by atoms with Gasteiger partial charge in [0.1, 0.15) is 6.54 Å². The topological polar surface area (TPSA) is 93.3 Å². The summed E-state index contributed by atoms with van der Waals surface area (Å²) < 4.78 is 6.97. The molecule has 0 saturated heterocycles. The second-order valence-electron chi connectivity index (χ2n) is 7.86. The highest BCUT2D eigenvalue weighted by molar-refractivity contribution is 6.02. The first-order chi connectivity index (χ1) is 16.6. The van der Waals surface area contributed by atoms with E-state index < -0.39 is 0 Å². The Morgan fingerprint density at radius 3 is 2.21 bits per heavy atom. The molecule has 0 bridgehead atoms. The number of amides is 2. The molecule has 0 aliphatic carbocycles. The first-order valence-electron chi connectivity index (χ1n) is 10.8. The maximum absolute atomic E-state index is 12.9. The van der Waals surface area contributed by atoms with Gasteiger partial charge in [-0.1, -0.05) is 36.4 Å². The fourth-order valence-electron chi connectivity index (χ4n) is 4.01. The Labute approximate surface area is 194 Å². The van der Waals surface area contributed by atoms with Crippen LogP contribution in [0.25, 0.3) is 21.8 Å². The number of hydrogen-bond donors (Lipinski definition) is 2. The van der Waals surface area contributed by atoms with Crippen molar-refractivity contribution in [1.29, 1.82) is 0 Å². The Morgan fingerprint density at radius 2 is 1.53 bits per heavy atom. The third kappa shape index (κ3) is 4.19. The predicted molar refractivity (Wildman–Crippen MR) is 131 cm³/mol. The number of nitrogens with zero attached hydrogens (tertiary/aromatic N) is 1. The van der Waals surface area contributed by atoms with Crippen molar-refractivity contribution in [1.82, 2.24) is 9.88 Å². The van der Waals surface area contributed by atoms with Gasteiger partial charge in [-0.05, 0) is 54.1 Å². The van der Waals surface area contributed by atoms with E-state index in [2.05, 4.69) is 10.6 Å². The van der Waals surface area contributed by atoms with Crippen molar-refractivity contribution in [2.45, 2.75) is 13.1 Å². The zero-order valence-electron chi connectivity index (χ0n) is 18.2. The molecule has 0 unspecified atom stereocenters. The molecule has 5 aromatic rings. The molecule has 0 atom stereocenters. The average molecular weight is 451 g/mol. The molecule has 0 fully saturated rings. The summed E-state index contributed by atoms with van der Waals surface area (Å²) in [5, 5.41) is 6.86. The number of para-hydroxylation sites is 2. The summed E-state index contributed by atoms with van der Waals surface area (Å²) in [6, 6.07) is 25.1. The van der Waals surface area contributed by atoms with Crippen molar-refractivity contribution in [2.75, 3.05) is 5.32 Å². The number of nitrogens with one attached hydrogen (secondary N) is 2. The van der Waals surface area contributed by atoms with Crippen LogP contribution in [-0.4, -0.2) is 16.4 Å². The number of benzene rings is 3. The van der Waals surface area contributed by atoms with Crippen LogP contribution in [0.15, 0.2) is 100 Å². The van der Waals surface area contributed by atoms with Gasteiger partial charge in [-0.2, -0.15) is 0 Å². The van der Waals surface area contributed by atoms with Crippen LogP contribution in [-0.2, 0) is 17.9 Å². The molecule has 0 saturated carbocycles. The van der Waals surface area contributed by atoms with E-state index in [0.717, 1.165) is 5.56 Å². The van der Waals surface area contributed by atoms with Crippen LogP contribution < -0.4 is 16.1 Å². The van der Waals surface area contributed by atoms with Crippen molar-refractivity contribution in [3.8, 4) is 0 Å². The molecule has 34 heavy (non-hydrogen) atoms. The van der Waals surface area contributed by atoms with Crippen LogP contribution in [0.2, 0.25) is 0 Å². The molecule has 5 rings (SSSR count). The van der Waals surface area contributed by atoms with E-state index in [0.29, 0.717) is 34.0 Å². The summed E-state index contributed by atoms with van der Waals surface area (Å²) in [7, 11) is 0. The smallest absolute Gasteiger partial charge is 0.291 e. The van der Waals surface area contributed by atoms with Crippen molar-refractivity contribution >= 4 is 39.3 Å². The van der Waals surface area contributed by atoms with Gasteiger partial charge in [0.05, 0.1) is 17.3 Å². The van der Waals surface area contributed by atoms with Crippen LogP contribution in [0, 0.1) is 0 Å². The van der Waals surface area contributed by atoms with Crippen molar-refractivity contribution in [3.63, 3.8) is 0 Å². The lowest BCUT2D eigenvalue weighted by Gasteiger charge is -2.15. The Balaban J connectivity index is 1.33. The summed E-state index contributed by atoms with van der Waals surface area (Å²) in [6.45, 7) is 0.357. The van der Waals surface area contributed by atoms with E-state index in [-0.39, 0.29) is 29.5 Å². The van der Waals surface area contributed by atoms with Gasteiger partial charge in [-0.25, -0.2) is 0 Å². The Hall–Kier alpha value is -4.65. The lowest BCUT2D eigenvalue weighted by atomic mass is 10.1. The first-order valence-corrected chi connectivity index (χ1v) is 10.8. The summed E-state index contributed by atoms with van der Waals surface area (Å²) in [4.78, 5) is 37.9. The van der Waals surface area contributed by atoms with Crippen LogP contribution in [0.4, 0.5) is 5.69 Å². The minimum atomic E-state index is -0.344. The molecule has 2 N–H and O–H groups in total. The molecule has 2 heterocycles. The standard InChI is InChI=1S/C27H21N3O4/c31-25(28-16-18-7-5-8-19(15-18)29-27(33)24-13-6-14-34-24)17-30-22-11-3-1-9-20(22)26(32)21-10-2-4-12-23(21)30/h1-15H,16-17H2,(H,28,31)(H,29,33). The van der Waals surface area contributed by atoms with E-state index in [1.54, 1.807) is 36.4 Å². The first kappa shape index (κ1) is 21.2. The Morgan fingerprint density at radius 1 is 0.824 bits per heavy atom. The summed E-state index contributed by atoms with van der Waals surface area (Å²) >= 11 is 0. The Kier molecular flexibility index (Phi) is 5.66. The largest absolute Gasteiger partial charge is 0.459 e. The molecule has 0 aliphatic heterocycles. The maximum atomic E-state index is 12.9. The lowest BCUT2D eigenvalue weighted by Crippen LogP contribution is -2.28. The molecule has 2 aromatic heterocycles. The van der Waals surface area contributed by atoms with E-state index >= 15 is 0 Å².